The van der Waals surface area contributed by atoms with E-state index in [2.05, 4.69) is 6.92 Å². The predicted molar refractivity (Wildman–Crippen MR) is 108 cm³/mol. The van der Waals surface area contributed by atoms with E-state index in [0.29, 0.717) is 6.42 Å². The summed E-state index contributed by atoms with van der Waals surface area (Å²) in [6, 6.07) is 0. The minimum atomic E-state index is -1.11. The molecule has 0 aliphatic heterocycles. The Kier molecular flexibility index (Phi) is 21.7. The van der Waals surface area contributed by atoms with Gasteiger partial charge in [0.15, 0.2) is 0 Å². The van der Waals surface area contributed by atoms with E-state index in [1.165, 1.54) is 48.3 Å². The van der Waals surface area contributed by atoms with Crippen molar-refractivity contribution in [3.8, 4) is 0 Å². The number of carbonyl (C=O) groups is 3. The second kappa shape index (κ2) is 20.6. The molecule has 166 valence electrons. The molecule has 0 spiro atoms. The molecule has 0 aromatic carbocycles. The first kappa shape index (κ1) is 30.5. The van der Waals surface area contributed by atoms with Gasteiger partial charge >= 0.3 is 41.5 Å². The van der Waals surface area contributed by atoms with Gasteiger partial charge in [-0.05, 0) is 6.42 Å². The molecule has 0 aromatic rings. The van der Waals surface area contributed by atoms with E-state index >= 15 is 0 Å². The Bertz CT molecular complexity index is 441. The van der Waals surface area contributed by atoms with Crippen molar-refractivity contribution < 1.29 is 60.7 Å². The largest absolute Gasteiger partial charge is 1.00 e. The summed E-state index contributed by atoms with van der Waals surface area (Å²) in [5.41, 5.74) is 0. The molecule has 0 aliphatic rings. The Labute approximate surface area is 198 Å². The second-order valence-corrected chi connectivity index (χ2v) is 7.18. The van der Waals surface area contributed by atoms with Crippen LogP contribution in [0.4, 0.5) is 0 Å². The summed E-state index contributed by atoms with van der Waals surface area (Å²) in [5.74, 6) is -2.31. The summed E-state index contributed by atoms with van der Waals surface area (Å²) in [6.45, 7) is 1.75. The molecule has 29 heavy (non-hydrogen) atoms. The van der Waals surface area contributed by atoms with Crippen LogP contribution in [0.5, 0.6) is 0 Å². The maximum atomic E-state index is 12.4. The zero-order valence-corrected chi connectivity index (χ0v) is 20.3. The van der Waals surface area contributed by atoms with E-state index in [-0.39, 0.29) is 63.1 Å². The molecule has 0 radical (unpaired) electrons. The molecule has 0 saturated carbocycles. The van der Waals surface area contributed by atoms with E-state index in [1.54, 1.807) is 0 Å². The normalized spacial score (nSPS) is 10.6. The van der Waals surface area contributed by atoms with Crippen LogP contribution >= 0.6 is 0 Å². The van der Waals surface area contributed by atoms with Crippen molar-refractivity contribution >= 4 is 17.8 Å². The summed E-state index contributed by atoms with van der Waals surface area (Å²) >= 11 is 0. The van der Waals surface area contributed by atoms with Gasteiger partial charge in [-0.2, -0.15) is 0 Å². The number of rotatable bonds is 19. The first-order valence-corrected chi connectivity index (χ1v) is 10.4. The quantitative estimate of drug-likeness (QED) is 0.185. The molecule has 0 fully saturated rings. The number of carbonyl (C=O) groups excluding carboxylic acids is 1. The van der Waals surface area contributed by atoms with Crippen molar-refractivity contribution in [1.29, 1.82) is 0 Å². The molecule has 8 nitrogen and oxygen atoms in total. The number of hydrogen-bond donors (Lipinski definition) is 3. The summed E-state index contributed by atoms with van der Waals surface area (Å²) < 4.78 is 0. The SMILES string of the molecule is CCCCCCCCCCCC(=O)N(CCO)CCN(CC(=O)O)CC(=O)O.[H-].[Na+]. The molecule has 9 heteroatoms. The zero-order chi connectivity index (χ0) is 21.2. The summed E-state index contributed by atoms with van der Waals surface area (Å²) in [5, 5.41) is 26.9. The Hall–Kier alpha value is -0.670. The van der Waals surface area contributed by atoms with Crippen LogP contribution < -0.4 is 29.6 Å². The van der Waals surface area contributed by atoms with Crippen molar-refractivity contribution in [3.05, 3.63) is 0 Å². The second-order valence-electron chi connectivity index (χ2n) is 7.18. The Morgan fingerprint density at radius 1 is 0.759 bits per heavy atom. The number of aliphatic hydroxyl groups excluding tert-OH is 1. The number of amides is 1. The molecule has 0 saturated heterocycles. The van der Waals surface area contributed by atoms with Gasteiger partial charge in [-0.15, -0.1) is 0 Å². The maximum Gasteiger partial charge on any atom is 1.00 e. The van der Waals surface area contributed by atoms with Crippen LogP contribution in [0, 0.1) is 0 Å². The van der Waals surface area contributed by atoms with Gasteiger partial charge in [-0.3, -0.25) is 19.3 Å². The summed E-state index contributed by atoms with van der Waals surface area (Å²) in [6.07, 6.45) is 10.9. The van der Waals surface area contributed by atoms with Crippen LogP contribution in [0.2, 0.25) is 0 Å². The fraction of sp³-hybridized carbons (Fsp3) is 0.850. The number of carboxylic acid groups (broad SMARTS) is 2. The topological polar surface area (TPSA) is 118 Å². The molecule has 0 atom stereocenters. The molecular weight excluding hydrogens is 387 g/mol. The van der Waals surface area contributed by atoms with E-state index in [9.17, 15) is 19.5 Å². The molecular formula is C20H39N2NaO6. The fourth-order valence-corrected chi connectivity index (χ4v) is 3.09. The first-order valence-electron chi connectivity index (χ1n) is 10.4. The van der Waals surface area contributed by atoms with Crippen LogP contribution in [0.1, 0.15) is 72.6 Å². The Morgan fingerprint density at radius 2 is 1.24 bits per heavy atom. The summed E-state index contributed by atoms with van der Waals surface area (Å²) in [7, 11) is 0. The van der Waals surface area contributed by atoms with Crippen LogP contribution in [-0.4, -0.2) is 82.3 Å². The van der Waals surface area contributed by atoms with Crippen molar-refractivity contribution in [2.24, 2.45) is 0 Å². The molecule has 0 rings (SSSR count). The fourth-order valence-electron chi connectivity index (χ4n) is 3.09. The average Bonchev–Trinajstić information content (AvgIpc) is 2.62. The molecule has 0 heterocycles. The predicted octanol–water partition coefficient (Wildman–Crippen LogP) is -0.684. The van der Waals surface area contributed by atoms with Gasteiger partial charge in [0.2, 0.25) is 5.91 Å². The van der Waals surface area contributed by atoms with Crippen molar-refractivity contribution in [2.45, 2.75) is 71.1 Å². The molecule has 0 unspecified atom stereocenters. The van der Waals surface area contributed by atoms with Gasteiger partial charge in [0.05, 0.1) is 19.7 Å². The standard InChI is InChI=1S/C20H38N2O6.Na.H/c1-2-3-4-5-6-7-8-9-10-11-18(24)22(14-15-23)13-12-21(16-19(25)26)17-20(27)28;;/h23H,2-17H2,1H3,(H,25,26)(H,27,28);;/q;+1;-1. The number of carboxylic acids is 2. The molecule has 0 aliphatic carbocycles. The van der Waals surface area contributed by atoms with E-state index in [4.69, 9.17) is 10.2 Å². The monoisotopic (exact) mass is 426 g/mol. The molecule has 0 bridgehead atoms. The number of hydrogen-bond acceptors (Lipinski definition) is 5. The van der Waals surface area contributed by atoms with Crippen molar-refractivity contribution in [2.75, 3.05) is 39.3 Å². The smallest absolute Gasteiger partial charge is 1.00 e. The van der Waals surface area contributed by atoms with Gasteiger partial charge < -0.3 is 21.6 Å². The number of nitrogens with zero attached hydrogens (tertiary/aromatic N) is 2. The van der Waals surface area contributed by atoms with Gasteiger partial charge in [-0.1, -0.05) is 58.3 Å². The van der Waals surface area contributed by atoms with Crippen molar-refractivity contribution in [3.63, 3.8) is 0 Å². The van der Waals surface area contributed by atoms with Crippen molar-refractivity contribution in [1.82, 2.24) is 9.80 Å². The molecule has 3 N–H and O–H groups in total. The first-order chi connectivity index (χ1) is 13.4. The van der Waals surface area contributed by atoms with Gasteiger partial charge in [-0.25, -0.2) is 0 Å². The van der Waals surface area contributed by atoms with Crippen LogP contribution in [0.15, 0.2) is 0 Å². The van der Waals surface area contributed by atoms with Gasteiger partial charge in [0, 0.05) is 26.1 Å². The summed E-state index contributed by atoms with van der Waals surface area (Å²) in [4.78, 5) is 36.8. The third-order valence-electron chi connectivity index (χ3n) is 4.62. The Morgan fingerprint density at radius 3 is 1.69 bits per heavy atom. The Balaban J connectivity index is -0.00000364. The van der Waals surface area contributed by atoms with Crippen LogP contribution in [-0.2, 0) is 14.4 Å². The van der Waals surface area contributed by atoms with Gasteiger partial charge in [0.1, 0.15) is 0 Å². The average molecular weight is 427 g/mol. The zero-order valence-electron chi connectivity index (χ0n) is 19.3. The van der Waals surface area contributed by atoms with E-state index in [0.717, 1.165) is 19.3 Å². The third kappa shape index (κ3) is 19.1. The number of unbranched alkanes of at least 4 members (excludes halogenated alkanes) is 8. The van der Waals surface area contributed by atoms with Gasteiger partial charge in [0.25, 0.3) is 0 Å². The molecule has 1 amide bonds. The maximum absolute atomic E-state index is 12.4. The van der Waals surface area contributed by atoms with E-state index in [1.807, 2.05) is 0 Å². The third-order valence-corrected chi connectivity index (χ3v) is 4.62. The number of aliphatic hydroxyl groups is 1. The van der Waals surface area contributed by atoms with Crippen LogP contribution in [0.25, 0.3) is 0 Å². The number of aliphatic carboxylic acids is 2. The minimum absolute atomic E-state index is 0. The van der Waals surface area contributed by atoms with Crippen LogP contribution in [0.3, 0.4) is 0 Å². The van der Waals surface area contributed by atoms with E-state index < -0.39 is 25.0 Å². The molecule has 0 aromatic heterocycles. The minimum Gasteiger partial charge on any atom is -1.00 e.